The van der Waals surface area contributed by atoms with Crippen molar-refractivity contribution in [1.82, 2.24) is 15.3 Å². The van der Waals surface area contributed by atoms with Gasteiger partial charge in [-0.05, 0) is 50.6 Å². The van der Waals surface area contributed by atoms with Crippen LogP contribution in [0.25, 0.3) is 0 Å². The normalized spacial score (nSPS) is 25.3. The highest BCUT2D eigenvalue weighted by Gasteiger charge is 2.26. The van der Waals surface area contributed by atoms with Crippen LogP contribution in [0.2, 0.25) is 0 Å². The number of hydrogen-bond acceptors (Lipinski definition) is 4. The molecule has 0 bridgehead atoms. The fourth-order valence-corrected chi connectivity index (χ4v) is 3.38. The molecule has 0 radical (unpaired) electrons. The lowest BCUT2D eigenvalue weighted by molar-refractivity contribution is 0.193. The lowest BCUT2D eigenvalue weighted by atomic mass is 9.85. The third-order valence-electron chi connectivity index (χ3n) is 4.71. The number of nitrogens with zero attached hydrogens (tertiary/aromatic N) is 2. The highest BCUT2D eigenvalue weighted by Crippen LogP contribution is 2.29. The molecule has 0 aromatic carbocycles. The Hall–Kier alpha value is -1.00. The average Bonchev–Trinajstić information content (AvgIpc) is 2.99. The molecule has 1 N–H and O–H groups in total. The molecule has 21 heavy (non-hydrogen) atoms. The van der Waals surface area contributed by atoms with Crippen LogP contribution in [0.4, 0.5) is 0 Å². The van der Waals surface area contributed by atoms with Gasteiger partial charge in [-0.15, -0.1) is 0 Å². The van der Waals surface area contributed by atoms with Gasteiger partial charge in [-0.3, -0.25) is 0 Å². The number of ether oxygens (including phenoxy) is 1. The van der Waals surface area contributed by atoms with Crippen LogP contribution in [-0.2, 0) is 17.6 Å². The highest BCUT2D eigenvalue weighted by molar-refractivity contribution is 5.29. The van der Waals surface area contributed by atoms with E-state index in [0.29, 0.717) is 12.0 Å². The molecule has 2 aliphatic rings. The van der Waals surface area contributed by atoms with Crippen molar-refractivity contribution in [2.24, 2.45) is 5.92 Å². The van der Waals surface area contributed by atoms with E-state index < -0.39 is 0 Å². The van der Waals surface area contributed by atoms with Crippen LogP contribution in [0.1, 0.15) is 55.4 Å². The zero-order valence-corrected chi connectivity index (χ0v) is 13.5. The van der Waals surface area contributed by atoms with E-state index in [0.717, 1.165) is 50.8 Å². The second-order valence-corrected chi connectivity index (χ2v) is 6.82. The Morgan fingerprint density at radius 2 is 2.14 bits per heavy atom. The van der Waals surface area contributed by atoms with Gasteiger partial charge in [0, 0.05) is 30.0 Å². The lowest BCUT2D eigenvalue weighted by Gasteiger charge is -2.26. The molecule has 2 unspecified atom stereocenters. The largest absolute Gasteiger partial charge is 0.381 e. The van der Waals surface area contributed by atoms with Crippen LogP contribution in [-0.4, -0.2) is 35.8 Å². The van der Waals surface area contributed by atoms with Crippen molar-refractivity contribution in [2.45, 2.75) is 58.4 Å². The van der Waals surface area contributed by atoms with Gasteiger partial charge in [0.05, 0.1) is 6.61 Å². The van der Waals surface area contributed by atoms with Crippen LogP contribution >= 0.6 is 0 Å². The van der Waals surface area contributed by atoms with Gasteiger partial charge >= 0.3 is 0 Å². The summed E-state index contributed by atoms with van der Waals surface area (Å²) in [5, 5.41) is 3.56. The summed E-state index contributed by atoms with van der Waals surface area (Å²) in [5.41, 5.74) is 3.89. The first-order valence-electron chi connectivity index (χ1n) is 8.31. The molecule has 2 heterocycles. The molecule has 2 atom stereocenters. The fraction of sp³-hybridized carbons (Fsp3) is 0.765. The number of fused-ring (bicyclic) bond motifs is 1. The first kappa shape index (κ1) is 14.9. The van der Waals surface area contributed by atoms with Gasteiger partial charge in [0.25, 0.3) is 0 Å². The van der Waals surface area contributed by atoms with E-state index in [9.17, 15) is 0 Å². The van der Waals surface area contributed by atoms with Gasteiger partial charge in [-0.25, -0.2) is 9.97 Å². The first-order valence-corrected chi connectivity index (χ1v) is 8.31. The quantitative estimate of drug-likeness (QED) is 0.924. The molecule has 0 amide bonds. The monoisotopic (exact) mass is 289 g/mol. The van der Waals surface area contributed by atoms with Gasteiger partial charge in [-0.2, -0.15) is 0 Å². The molecule has 1 saturated heterocycles. The fourth-order valence-electron chi connectivity index (χ4n) is 3.38. The van der Waals surface area contributed by atoms with E-state index in [-0.39, 0.29) is 0 Å². The van der Waals surface area contributed by atoms with Crippen molar-refractivity contribution in [3.63, 3.8) is 0 Å². The standard InChI is InChI=1S/C17H27N3O/c1-11(2)18-9-13-4-5-16-15(8-13)12(3)19-17(20-16)14-6-7-21-10-14/h11,13-14,18H,4-10H2,1-3H3. The number of rotatable bonds is 4. The molecular weight excluding hydrogens is 262 g/mol. The van der Waals surface area contributed by atoms with Crippen LogP contribution < -0.4 is 5.32 Å². The zero-order valence-electron chi connectivity index (χ0n) is 13.5. The Balaban J connectivity index is 1.74. The van der Waals surface area contributed by atoms with E-state index in [1.807, 2.05) is 0 Å². The summed E-state index contributed by atoms with van der Waals surface area (Å²) < 4.78 is 5.48. The minimum Gasteiger partial charge on any atom is -0.381 e. The molecular formula is C17H27N3O. The molecule has 1 aromatic rings. The zero-order chi connectivity index (χ0) is 14.8. The van der Waals surface area contributed by atoms with E-state index in [2.05, 4.69) is 26.1 Å². The molecule has 4 heteroatoms. The maximum Gasteiger partial charge on any atom is 0.134 e. The molecule has 116 valence electrons. The minimum absolute atomic E-state index is 0.411. The predicted octanol–water partition coefficient (Wildman–Crippen LogP) is 2.39. The molecule has 0 spiro atoms. The van der Waals surface area contributed by atoms with Crippen LogP contribution in [0.5, 0.6) is 0 Å². The van der Waals surface area contributed by atoms with E-state index in [4.69, 9.17) is 14.7 Å². The number of hydrogen-bond donors (Lipinski definition) is 1. The summed E-state index contributed by atoms with van der Waals surface area (Å²) in [5.74, 6) is 2.15. The van der Waals surface area contributed by atoms with E-state index in [1.165, 1.54) is 23.4 Å². The number of nitrogens with one attached hydrogen (secondary N) is 1. The van der Waals surface area contributed by atoms with Gasteiger partial charge in [0.1, 0.15) is 5.82 Å². The second-order valence-electron chi connectivity index (χ2n) is 6.82. The third kappa shape index (κ3) is 3.43. The Bertz CT molecular complexity index is 495. The van der Waals surface area contributed by atoms with Crippen LogP contribution in [0.15, 0.2) is 0 Å². The van der Waals surface area contributed by atoms with E-state index >= 15 is 0 Å². The summed E-state index contributed by atoms with van der Waals surface area (Å²) in [4.78, 5) is 9.66. The first-order chi connectivity index (χ1) is 10.1. The number of aromatic nitrogens is 2. The van der Waals surface area contributed by atoms with E-state index in [1.54, 1.807) is 0 Å². The van der Waals surface area contributed by atoms with Crippen molar-refractivity contribution in [3.8, 4) is 0 Å². The Morgan fingerprint density at radius 3 is 2.86 bits per heavy atom. The Morgan fingerprint density at radius 1 is 1.29 bits per heavy atom. The SMILES string of the molecule is Cc1nc(C2CCOC2)nc2c1CC(CNC(C)C)CC2. The molecule has 0 saturated carbocycles. The van der Waals surface area contributed by atoms with Crippen molar-refractivity contribution in [1.29, 1.82) is 0 Å². The topological polar surface area (TPSA) is 47.0 Å². The maximum atomic E-state index is 5.48. The summed E-state index contributed by atoms with van der Waals surface area (Å²) in [6.07, 6.45) is 4.54. The summed E-state index contributed by atoms with van der Waals surface area (Å²) in [6, 6.07) is 0.563. The van der Waals surface area contributed by atoms with Gasteiger partial charge in [-0.1, -0.05) is 13.8 Å². The summed E-state index contributed by atoms with van der Waals surface area (Å²) in [6.45, 7) is 9.32. The van der Waals surface area contributed by atoms with Gasteiger partial charge in [0.15, 0.2) is 0 Å². The summed E-state index contributed by atoms with van der Waals surface area (Å²) in [7, 11) is 0. The third-order valence-corrected chi connectivity index (χ3v) is 4.71. The lowest BCUT2D eigenvalue weighted by Crippen LogP contribution is -2.32. The van der Waals surface area contributed by atoms with Crippen molar-refractivity contribution in [2.75, 3.05) is 19.8 Å². The molecule has 1 aliphatic heterocycles. The predicted molar refractivity (Wildman–Crippen MR) is 83.6 cm³/mol. The highest BCUT2D eigenvalue weighted by atomic mass is 16.5. The minimum atomic E-state index is 0.411. The van der Waals surface area contributed by atoms with Crippen LogP contribution in [0.3, 0.4) is 0 Å². The molecule has 1 fully saturated rings. The van der Waals surface area contributed by atoms with Crippen molar-refractivity contribution in [3.05, 3.63) is 22.8 Å². The van der Waals surface area contributed by atoms with Crippen LogP contribution in [0, 0.1) is 12.8 Å². The van der Waals surface area contributed by atoms with Crippen molar-refractivity contribution < 1.29 is 4.74 Å². The average molecular weight is 289 g/mol. The molecule has 4 nitrogen and oxygen atoms in total. The Kier molecular flexibility index (Phi) is 4.55. The maximum absolute atomic E-state index is 5.48. The molecule has 1 aliphatic carbocycles. The second kappa shape index (κ2) is 6.41. The number of aryl methyl sites for hydroxylation is 2. The Labute approximate surface area is 127 Å². The van der Waals surface area contributed by atoms with Crippen molar-refractivity contribution >= 4 is 0 Å². The molecule has 3 rings (SSSR count). The van der Waals surface area contributed by atoms with Gasteiger partial charge in [0.2, 0.25) is 0 Å². The molecule has 1 aromatic heterocycles. The smallest absolute Gasteiger partial charge is 0.134 e. The van der Waals surface area contributed by atoms with Gasteiger partial charge < -0.3 is 10.1 Å². The summed E-state index contributed by atoms with van der Waals surface area (Å²) >= 11 is 0.